The number of ether oxygens (including phenoxy) is 2. The molecule has 0 radical (unpaired) electrons. The molecule has 26 heavy (non-hydrogen) atoms. The molecule has 3 aromatic rings. The summed E-state index contributed by atoms with van der Waals surface area (Å²) in [4.78, 5) is 12.8. The number of hydrogen-bond acceptors (Lipinski definition) is 6. The second-order valence-electron chi connectivity index (χ2n) is 5.87. The van der Waals surface area contributed by atoms with Crippen LogP contribution in [0.15, 0.2) is 48.8 Å². The third kappa shape index (κ3) is 3.08. The van der Waals surface area contributed by atoms with E-state index in [0.717, 1.165) is 11.3 Å². The molecule has 0 aliphatic carbocycles. The average Bonchev–Trinajstić information content (AvgIpc) is 3.22. The second-order valence-corrected chi connectivity index (χ2v) is 5.87. The number of carbonyl (C=O) groups is 1. The summed E-state index contributed by atoms with van der Waals surface area (Å²) in [7, 11) is 0. The second kappa shape index (κ2) is 6.83. The van der Waals surface area contributed by atoms with Gasteiger partial charge in [0.05, 0.1) is 17.3 Å². The standard InChI is InChI=1S/C18H17N5O3/c1-12(13-6-7-16-17(10-13)26-9-8-25-16)20-18(24)14-4-2-3-5-15(14)23-11-19-21-22-23/h2-7,10-12H,8-9H2,1H3,(H,20,24). The summed E-state index contributed by atoms with van der Waals surface area (Å²) in [5.41, 5.74) is 2.04. The molecule has 4 rings (SSSR count). The van der Waals surface area contributed by atoms with Gasteiger partial charge in [0.15, 0.2) is 11.5 Å². The molecule has 8 heteroatoms. The normalized spacial score (nSPS) is 13.9. The fourth-order valence-corrected chi connectivity index (χ4v) is 2.82. The van der Waals surface area contributed by atoms with Crippen LogP contribution in [0.1, 0.15) is 28.9 Å². The molecule has 0 saturated heterocycles. The summed E-state index contributed by atoms with van der Waals surface area (Å²) >= 11 is 0. The first kappa shape index (κ1) is 16.1. The third-order valence-electron chi connectivity index (χ3n) is 4.16. The van der Waals surface area contributed by atoms with Gasteiger partial charge in [0.2, 0.25) is 0 Å². The average molecular weight is 351 g/mol. The molecule has 1 N–H and O–H groups in total. The van der Waals surface area contributed by atoms with Crippen LogP contribution in [0.4, 0.5) is 0 Å². The molecule has 1 aromatic heterocycles. The molecule has 0 saturated carbocycles. The van der Waals surface area contributed by atoms with Crippen LogP contribution < -0.4 is 14.8 Å². The van der Waals surface area contributed by atoms with Crippen molar-refractivity contribution in [3.05, 3.63) is 59.9 Å². The lowest BCUT2D eigenvalue weighted by atomic mass is 10.1. The number of rotatable bonds is 4. The molecule has 0 spiro atoms. The number of fused-ring (bicyclic) bond motifs is 1. The van der Waals surface area contributed by atoms with E-state index in [9.17, 15) is 4.79 Å². The molecule has 1 aliphatic heterocycles. The molecule has 1 unspecified atom stereocenters. The fourth-order valence-electron chi connectivity index (χ4n) is 2.82. The van der Waals surface area contributed by atoms with Gasteiger partial charge in [-0.15, -0.1) is 5.10 Å². The number of carbonyl (C=O) groups excluding carboxylic acids is 1. The van der Waals surface area contributed by atoms with Crippen LogP contribution in [0.2, 0.25) is 0 Å². The SMILES string of the molecule is CC(NC(=O)c1ccccc1-n1cnnn1)c1ccc2c(c1)OCCO2. The van der Waals surface area contributed by atoms with Crippen molar-refractivity contribution in [1.82, 2.24) is 25.5 Å². The van der Waals surface area contributed by atoms with Crippen molar-refractivity contribution in [3.63, 3.8) is 0 Å². The Hall–Kier alpha value is -3.42. The molecule has 8 nitrogen and oxygen atoms in total. The van der Waals surface area contributed by atoms with Gasteiger partial charge < -0.3 is 14.8 Å². The highest BCUT2D eigenvalue weighted by atomic mass is 16.6. The maximum Gasteiger partial charge on any atom is 0.253 e. The highest BCUT2D eigenvalue weighted by Crippen LogP contribution is 2.32. The van der Waals surface area contributed by atoms with E-state index in [1.807, 2.05) is 31.2 Å². The number of amides is 1. The molecule has 0 fully saturated rings. The van der Waals surface area contributed by atoms with Crippen molar-refractivity contribution in [1.29, 1.82) is 0 Å². The Morgan fingerprint density at radius 3 is 2.77 bits per heavy atom. The number of nitrogens with zero attached hydrogens (tertiary/aromatic N) is 4. The van der Waals surface area contributed by atoms with Gasteiger partial charge in [-0.25, -0.2) is 0 Å². The zero-order valence-corrected chi connectivity index (χ0v) is 14.1. The minimum absolute atomic E-state index is 0.208. The number of nitrogens with one attached hydrogen (secondary N) is 1. The monoisotopic (exact) mass is 351 g/mol. The molecule has 0 bridgehead atoms. The Kier molecular flexibility index (Phi) is 4.22. The van der Waals surface area contributed by atoms with E-state index in [2.05, 4.69) is 20.8 Å². The molecular formula is C18H17N5O3. The van der Waals surface area contributed by atoms with Crippen LogP contribution in [0.25, 0.3) is 5.69 Å². The largest absolute Gasteiger partial charge is 0.486 e. The van der Waals surface area contributed by atoms with Gasteiger partial charge in [0, 0.05) is 0 Å². The Bertz CT molecular complexity index is 926. The minimum Gasteiger partial charge on any atom is -0.486 e. The van der Waals surface area contributed by atoms with Gasteiger partial charge in [-0.05, 0) is 47.2 Å². The van der Waals surface area contributed by atoms with E-state index in [1.54, 1.807) is 18.2 Å². The smallest absolute Gasteiger partial charge is 0.253 e. The zero-order valence-electron chi connectivity index (χ0n) is 14.1. The van der Waals surface area contributed by atoms with Gasteiger partial charge in [-0.2, -0.15) is 4.68 Å². The summed E-state index contributed by atoms with van der Waals surface area (Å²) in [5.74, 6) is 1.21. The Morgan fingerprint density at radius 2 is 1.96 bits per heavy atom. The molecule has 2 heterocycles. The van der Waals surface area contributed by atoms with E-state index >= 15 is 0 Å². The Balaban J connectivity index is 1.55. The first-order valence-electron chi connectivity index (χ1n) is 8.25. The van der Waals surface area contributed by atoms with Crippen LogP contribution in [-0.4, -0.2) is 39.3 Å². The highest BCUT2D eigenvalue weighted by molar-refractivity contribution is 5.97. The lowest BCUT2D eigenvalue weighted by Crippen LogP contribution is -2.28. The summed E-state index contributed by atoms with van der Waals surface area (Å²) in [6.45, 7) is 2.99. The molecule has 2 aromatic carbocycles. The van der Waals surface area contributed by atoms with Gasteiger partial charge in [-0.1, -0.05) is 18.2 Å². The van der Waals surface area contributed by atoms with E-state index in [-0.39, 0.29) is 11.9 Å². The van der Waals surface area contributed by atoms with Crippen molar-refractivity contribution in [2.75, 3.05) is 13.2 Å². The van der Waals surface area contributed by atoms with Gasteiger partial charge in [0.25, 0.3) is 5.91 Å². The van der Waals surface area contributed by atoms with E-state index in [1.165, 1.54) is 11.0 Å². The lowest BCUT2D eigenvalue weighted by Gasteiger charge is -2.21. The summed E-state index contributed by atoms with van der Waals surface area (Å²) in [6.07, 6.45) is 1.45. The fraction of sp³-hybridized carbons (Fsp3) is 0.222. The molecule has 1 amide bonds. The molecule has 132 valence electrons. The topological polar surface area (TPSA) is 91.2 Å². The lowest BCUT2D eigenvalue weighted by molar-refractivity contribution is 0.0939. The quantitative estimate of drug-likeness (QED) is 0.772. The minimum atomic E-state index is -0.210. The number of benzene rings is 2. The van der Waals surface area contributed by atoms with Gasteiger partial charge in [-0.3, -0.25) is 4.79 Å². The molecule has 1 atom stereocenters. The maximum atomic E-state index is 12.8. The van der Waals surface area contributed by atoms with Crippen molar-refractivity contribution in [2.45, 2.75) is 13.0 Å². The summed E-state index contributed by atoms with van der Waals surface area (Å²) in [6, 6.07) is 12.6. The predicted octanol–water partition coefficient (Wildman–Crippen LogP) is 1.92. The third-order valence-corrected chi connectivity index (χ3v) is 4.16. The van der Waals surface area contributed by atoms with Crippen molar-refractivity contribution in [2.24, 2.45) is 0 Å². The van der Waals surface area contributed by atoms with Gasteiger partial charge in [0.1, 0.15) is 19.5 Å². The van der Waals surface area contributed by atoms with Crippen molar-refractivity contribution < 1.29 is 14.3 Å². The van der Waals surface area contributed by atoms with Crippen molar-refractivity contribution >= 4 is 5.91 Å². The van der Waals surface area contributed by atoms with Crippen LogP contribution >= 0.6 is 0 Å². The maximum absolute atomic E-state index is 12.8. The first-order valence-corrected chi connectivity index (χ1v) is 8.25. The molecular weight excluding hydrogens is 334 g/mol. The highest BCUT2D eigenvalue weighted by Gasteiger charge is 2.18. The number of hydrogen-bond donors (Lipinski definition) is 1. The van der Waals surface area contributed by atoms with E-state index < -0.39 is 0 Å². The summed E-state index contributed by atoms with van der Waals surface area (Å²) < 4.78 is 12.6. The van der Waals surface area contributed by atoms with Crippen LogP contribution in [0, 0.1) is 0 Å². The summed E-state index contributed by atoms with van der Waals surface area (Å²) in [5, 5.41) is 14.1. The predicted molar refractivity (Wildman–Crippen MR) is 92.5 cm³/mol. The van der Waals surface area contributed by atoms with Gasteiger partial charge >= 0.3 is 0 Å². The first-order chi connectivity index (χ1) is 12.7. The van der Waals surface area contributed by atoms with Crippen LogP contribution in [0.3, 0.4) is 0 Å². The van der Waals surface area contributed by atoms with E-state index in [4.69, 9.17) is 9.47 Å². The zero-order chi connectivity index (χ0) is 17.9. The Morgan fingerprint density at radius 1 is 1.15 bits per heavy atom. The number of tetrazole rings is 1. The van der Waals surface area contributed by atoms with Crippen molar-refractivity contribution in [3.8, 4) is 17.2 Å². The molecule has 1 aliphatic rings. The number of para-hydroxylation sites is 1. The Labute approximate surface area is 149 Å². The van der Waals surface area contributed by atoms with E-state index in [0.29, 0.717) is 30.2 Å². The number of aromatic nitrogens is 4. The van der Waals surface area contributed by atoms with Crippen LogP contribution in [-0.2, 0) is 0 Å². The van der Waals surface area contributed by atoms with Crippen LogP contribution in [0.5, 0.6) is 11.5 Å².